The van der Waals surface area contributed by atoms with Crippen LogP contribution < -0.4 is 5.32 Å². The maximum absolute atomic E-state index is 13.6. The number of esters is 1. The highest BCUT2D eigenvalue weighted by Crippen LogP contribution is 2.20. The summed E-state index contributed by atoms with van der Waals surface area (Å²) < 4.78 is 18.2. The molecule has 0 amide bonds. The van der Waals surface area contributed by atoms with E-state index < -0.39 is 11.8 Å². The van der Waals surface area contributed by atoms with Crippen molar-refractivity contribution >= 4 is 17.8 Å². The molecular weight excluding hydrogens is 239 g/mol. The molecule has 0 unspecified atom stereocenters. The lowest BCUT2D eigenvalue weighted by Crippen LogP contribution is -2.10. The summed E-state index contributed by atoms with van der Waals surface area (Å²) in [6.07, 6.45) is 0.797. The topological polar surface area (TPSA) is 82.4 Å². The Morgan fingerprint density at radius 1 is 1.56 bits per heavy atom. The lowest BCUT2D eigenvalue weighted by Gasteiger charge is -2.08. The fourth-order valence-electron chi connectivity index (χ4n) is 1.38. The Morgan fingerprint density at radius 2 is 2.22 bits per heavy atom. The van der Waals surface area contributed by atoms with Crippen LogP contribution >= 0.6 is 0 Å². The van der Waals surface area contributed by atoms with Crippen molar-refractivity contribution in [2.75, 3.05) is 14.2 Å². The monoisotopic (exact) mass is 252 g/mol. The molecule has 1 aromatic carbocycles. The van der Waals surface area contributed by atoms with Crippen molar-refractivity contribution in [1.82, 2.24) is 5.32 Å². The summed E-state index contributed by atoms with van der Waals surface area (Å²) in [5.74, 6) is -1.63. The van der Waals surface area contributed by atoms with Crippen LogP contribution in [0.3, 0.4) is 0 Å². The van der Waals surface area contributed by atoms with Crippen molar-refractivity contribution in [3.63, 3.8) is 0 Å². The van der Waals surface area contributed by atoms with Gasteiger partial charge >= 0.3 is 5.97 Å². The first-order chi connectivity index (χ1) is 8.54. The van der Waals surface area contributed by atoms with Gasteiger partial charge in [-0.3, -0.25) is 0 Å². The molecule has 0 saturated carbocycles. The van der Waals surface area contributed by atoms with Gasteiger partial charge in [0.05, 0.1) is 18.2 Å². The van der Waals surface area contributed by atoms with Crippen LogP contribution in [0.25, 0.3) is 5.57 Å². The Hall–Kier alpha value is -2.37. The van der Waals surface area contributed by atoms with Crippen LogP contribution in [0.2, 0.25) is 0 Å². The molecule has 0 atom stereocenters. The summed E-state index contributed by atoms with van der Waals surface area (Å²) >= 11 is 0. The van der Waals surface area contributed by atoms with Gasteiger partial charge in [-0.1, -0.05) is 0 Å². The van der Waals surface area contributed by atoms with Crippen molar-refractivity contribution in [3.05, 3.63) is 41.0 Å². The van der Waals surface area contributed by atoms with Gasteiger partial charge in [0.15, 0.2) is 5.88 Å². The van der Waals surface area contributed by atoms with E-state index in [1.54, 1.807) is 0 Å². The Morgan fingerprint density at radius 3 is 2.72 bits per heavy atom. The number of carbonyl (C=O) groups is 1. The van der Waals surface area contributed by atoms with Gasteiger partial charge in [-0.2, -0.15) is 0 Å². The zero-order valence-electron chi connectivity index (χ0n) is 9.95. The molecule has 96 valence electrons. The number of carbonyl (C=O) groups excluding carboxylic acids is 1. The summed E-state index contributed by atoms with van der Waals surface area (Å²) in [5.41, 5.74) is 0.0256. The molecule has 18 heavy (non-hydrogen) atoms. The van der Waals surface area contributed by atoms with Crippen LogP contribution in [0, 0.1) is 11.2 Å². The number of ether oxygens (including phenoxy) is 1. The van der Waals surface area contributed by atoms with Gasteiger partial charge in [0.2, 0.25) is 0 Å². The minimum atomic E-state index is -0.650. The molecule has 0 aliphatic rings. The van der Waals surface area contributed by atoms with Gasteiger partial charge in [0, 0.05) is 18.8 Å². The molecule has 5 nitrogen and oxygen atoms in total. The Bertz CT molecular complexity index is 512. The number of aliphatic hydroxyl groups excluding tert-OH is 1. The third kappa shape index (κ3) is 2.65. The summed E-state index contributed by atoms with van der Waals surface area (Å²) in [5, 5.41) is 19.1. The van der Waals surface area contributed by atoms with E-state index in [9.17, 15) is 14.3 Å². The molecule has 0 bridgehead atoms. The Kier molecular flexibility index (Phi) is 4.42. The number of methoxy groups -OCH3 is 1. The summed E-state index contributed by atoms with van der Waals surface area (Å²) in [6.45, 7) is 0. The fraction of sp³-hybridized carbons (Fsp3) is 0.167. The highest BCUT2D eigenvalue weighted by atomic mass is 19.1. The molecule has 0 radical (unpaired) electrons. The highest BCUT2D eigenvalue weighted by molar-refractivity contribution is 6.09. The number of allylic oxidation sites excluding steroid dienone is 1. The molecule has 0 aliphatic carbocycles. The molecule has 0 aliphatic heterocycles. The van der Waals surface area contributed by atoms with Crippen molar-refractivity contribution < 1.29 is 19.0 Å². The van der Waals surface area contributed by atoms with Gasteiger partial charge in [0.25, 0.3) is 0 Å². The average molecular weight is 252 g/mol. The highest BCUT2D eigenvalue weighted by Gasteiger charge is 2.14. The number of aliphatic hydroxyl groups is 1. The molecule has 0 saturated heterocycles. The molecule has 1 aromatic rings. The van der Waals surface area contributed by atoms with Crippen LogP contribution in [-0.2, 0) is 4.74 Å². The lowest BCUT2D eigenvalue weighted by atomic mass is 10.0. The molecule has 0 spiro atoms. The number of hydrogen-bond donors (Lipinski definition) is 3. The molecule has 0 aromatic heterocycles. The summed E-state index contributed by atoms with van der Waals surface area (Å²) in [7, 11) is 2.64. The predicted molar refractivity (Wildman–Crippen MR) is 65.1 cm³/mol. The molecule has 3 N–H and O–H groups in total. The molecule has 6 heteroatoms. The van der Waals surface area contributed by atoms with Gasteiger partial charge in [0.1, 0.15) is 5.82 Å². The largest absolute Gasteiger partial charge is 0.494 e. The first-order valence-electron chi connectivity index (χ1n) is 5.04. The van der Waals surface area contributed by atoms with Crippen molar-refractivity contribution in [2.45, 2.75) is 0 Å². The van der Waals surface area contributed by atoms with Gasteiger partial charge < -0.3 is 20.6 Å². The standard InChI is InChI=1S/C12H13FN2O3/c1-15-11(16)9(6-14)8-5-7(12(17)18-2)3-4-10(8)13/h3-6,14-16H,1-2H3/b11-9-,14-6?. The number of nitrogens with one attached hydrogen (secondary N) is 2. The fourth-order valence-corrected chi connectivity index (χ4v) is 1.38. The van der Waals surface area contributed by atoms with E-state index in [1.807, 2.05) is 0 Å². The second-order valence-electron chi connectivity index (χ2n) is 3.34. The molecule has 0 fully saturated rings. The second kappa shape index (κ2) is 5.81. The molecule has 0 heterocycles. The van der Waals surface area contributed by atoms with Crippen molar-refractivity contribution in [2.24, 2.45) is 0 Å². The normalized spacial score (nSPS) is 11.5. The Labute approximate surface area is 103 Å². The number of hydrogen-bond acceptors (Lipinski definition) is 5. The van der Waals surface area contributed by atoms with Gasteiger partial charge in [-0.25, -0.2) is 9.18 Å². The number of halogens is 1. The lowest BCUT2D eigenvalue weighted by molar-refractivity contribution is 0.0600. The van der Waals surface area contributed by atoms with Crippen molar-refractivity contribution in [3.8, 4) is 0 Å². The van der Waals surface area contributed by atoms with Gasteiger partial charge in [-0.15, -0.1) is 0 Å². The van der Waals surface area contributed by atoms with E-state index in [1.165, 1.54) is 26.3 Å². The number of benzene rings is 1. The smallest absolute Gasteiger partial charge is 0.337 e. The van der Waals surface area contributed by atoms with Crippen LogP contribution in [0.4, 0.5) is 4.39 Å². The quantitative estimate of drug-likeness (QED) is 0.433. The SMILES string of the molecule is CN/C(O)=C(\C=N)c1cc(C(=O)OC)ccc1F. The predicted octanol–water partition coefficient (Wildman–Crippen LogP) is 1.71. The van der Waals surface area contributed by atoms with E-state index in [0.29, 0.717) is 0 Å². The van der Waals surface area contributed by atoms with Crippen LogP contribution in [0.1, 0.15) is 15.9 Å². The first kappa shape index (κ1) is 13.7. The van der Waals surface area contributed by atoms with E-state index in [-0.39, 0.29) is 22.6 Å². The van der Waals surface area contributed by atoms with E-state index in [0.717, 1.165) is 12.3 Å². The maximum Gasteiger partial charge on any atom is 0.337 e. The molecule has 1 rings (SSSR count). The van der Waals surface area contributed by atoms with E-state index in [4.69, 9.17) is 5.41 Å². The third-order valence-corrected chi connectivity index (χ3v) is 2.31. The summed E-state index contributed by atoms with van der Waals surface area (Å²) in [6, 6.07) is 3.56. The third-order valence-electron chi connectivity index (χ3n) is 2.31. The van der Waals surface area contributed by atoms with E-state index >= 15 is 0 Å². The molecular formula is C12H13FN2O3. The average Bonchev–Trinajstić information content (AvgIpc) is 2.40. The minimum Gasteiger partial charge on any atom is -0.494 e. The summed E-state index contributed by atoms with van der Waals surface area (Å²) in [4.78, 5) is 11.3. The van der Waals surface area contributed by atoms with Crippen LogP contribution in [0.5, 0.6) is 0 Å². The number of rotatable bonds is 4. The zero-order chi connectivity index (χ0) is 13.7. The Balaban J connectivity index is 3.39. The van der Waals surface area contributed by atoms with Gasteiger partial charge in [-0.05, 0) is 18.2 Å². The first-order valence-corrected chi connectivity index (χ1v) is 5.04. The van der Waals surface area contributed by atoms with Crippen LogP contribution in [0.15, 0.2) is 24.1 Å². The zero-order valence-corrected chi connectivity index (χ0v) is 9.95. The van der Waals surface area contributed by atoms with Crippen molar-refractivity contribution in [1.29, 1.82) is 5.41 Å². The van der Waals surface area contributed by atoms with E-state index in [2.05, 4.69) is 10.1 Å². The second-order valence-corrected chi connectivity index (χ2v) is 3.34. The van der Waals surface area contributed by atoms with Crippen LogP contribution in [-0.4, -0.2) is 31.4 Å². The maximum atomic E-state index is 13.6. The minimum absolute atomic E-state index is 0.0549.